The number of oxime groups is 1. The predicted molar refractivity (Wildman–Crippen MR) is 247 cm³/mol. The fourth-order valence-electron chi connectivity index (χ4n) is 9.67. The maximum absolute atomic E-state index is 14.7. The fourth-order valence-corrected chi connectivity index (χ4v) is 9.67. The fraction of sp³-hybridized carbons (Fsp3) is 0.385. The van der Waals surface area contributed by atoms with E-state index in [0.717, 1.165) is 29.5 Å². The number of aliphatic hydroxyl groups excluding tert-OH is 2. The molecule has 0 saturated heterocycles. The van der Waals surface area contributed by atoms with E-state index >= 15 is 0 Å². The van der Waals surface area contributed by atoms with Crippen molar-refractivity contribution in [2.24, 2.45) is 22.9 Å². The lowest BCUT2D eigenvalue weighted by Gasteiger charge is -2.59. The minimum atomic E-state index is -1.60. The topological polar surface area (TPSA) is 162 Å². The second kappa shape index (κ2) is 22.7. The molecule has 1 aliphatic heterocycles. The number of nitrogens with zero attached hydrogens (tertiary/aromatic N) is 3. The maximum Gasteiger partial charge on any atom is 0.410 e. The van der Waals surface area contributed by atoms with E-state index in [4.69, 9.17) is 28.9 Å². The van der Waals surface area contributed by atoms with Crippen molar-refractivity contribution in [2.45, 2.75) is 82.3 Å². The van der Waals surface area contributed by atoms with E-state index in [9.17, 15) is 29.5 Å². The molecule has 14 heteroatoms. The summed E-state index contributed by atoms with van der Waals surface area (Å²) in [6.07, 6.45) is 9.52. The summed E-state index contributed by atoms with van der Waals surface area (Å²) in [5, 5.41) is 36.5. The summed E-state index contributed by atoms with van der Waals surface area (Å²) in [6, 6.07) is 26.1. The van der Waals surface area contributed by atoms with Crippen molar-refractivity contribution in [1.29, 1.82) is 0 Å². The van der Waals surface area contributed by atoms with Gasteiger partial charge in [-0.2, -0.15) is 0 Å². The van der Waals surface area contributed by atoms with Gasteiger partial charge in [0.25, 0.3) is 5.69 Å². The molecule has 2 N–H and O–H groups in total. The average Bonchev–Trinajstić information content (AvgIpc) is 3.32. The second-order valence-electron chi connectivity index (χ2n) is 16.8. The number of hydrogen-bond donors (Lipinski definition) is 2. The number of ether oxygens (including phenoxy) is 4. The van der Waals surface area contributed by atoms with Gasteiger partial charge < -0.3 is 34.0 Å². The minimum absolute atomic E-state index is 0.00156. The largest absolute Gasteiger partial charge is 0.459 e. The lowest BCUT2D eigenvalue weighted by Crippen LogP contribution is -2.70. The molecule has 6 atom stereocenters. The first-order valence-electron chi connectivity index (χ1n) is 22.6. The number of carbonyl (C=O) groups excluding carboxylic acids is 1. The lowest BCUT2D eigenvalue weighted by atomic mass is 9.55. The SMILES string of the molecule is C=CCCOC(=O)N(Cc1ccc(F)cc1)[C@H]1CC(=NOCc2ccccc2)C2=C[C@H](CCCCO)[C@@H](CCCCO)[C@@H]3c4cc(Oc5cccc([N+](=O)[O-])c5)ccc4O[C@@]1(OCC=C)[C@H]23. The monoisotopic (exact) mass is 903 g/mol. The molecule has 4 aromatic rings. The summed E-state index contributed by atoms with van der Waals surface area (Å²) in [5.74, 6) is -1.96. The first-order chi connectivity index (χ1) is 32.2. The van der Waals surface area contributed by atoms with E-state index in [0.29, 0.717) is 54.9 Å². The van der Waals surface area contributed by atoms with E-state index in [2.05, 4.69) is 19.2 Å². The summed E-state index contributed by atoms with van der Waals surface area (Å²) in [7, 11) is 0. The van der Waals surface area contributed by atoms with Crippen molar-refractivity contribution in [3.05, 3.63) is 167 Å². The summed E-state index contributed by atoms with van der Waals surface area (Å²) >= 11 is 0. The highest BCUT2D eigenvalue weighted by Gasteiger charge is 2.65. The number of nitro groups is 1. The van der Waals surface area contributed by atoms with Crippen LogP contribution in [0.1, 0.15) is 74.0 Å². The highest BCUT2D eigenvalue weighted by molar-refractivity contribution is 6.03. The van der Waals surface area contributed by atoms with Crippen LogP contribution in [-0.4, -0.2) is 70.1 Å². The van der Waals surface area contributed by atoms with E-state index in [1.54, 1.807) is 53.5 Å². The molecule has 0 unspecified atom stereocenters. The Labute approximate surface area is 384 Å². The van der Waals surface area contributed by atoms with E-state index in [1.807, 2.05) is 36.4 Å². The molecule has 66 heavy (non-hydrogen) atoms. The molecule has 0 aromatic heterocycles. The number of allylic oxidation sites excluding steroid dienone is 1. The van der Waals surface area contributed by atoms with E-state index in [-0.39, 0.29) is 75.2 Å². The van der Waals surface area contributed by atoms with Crippen molar-refractivity contribution in [3.63, 3.8) is 0 Å². The highest BCUT2D eigenvalue weighted by Crippen LogP contribution is 2.62. The molecule has 7 rings (SSSR count). The van der Waals surface area contributed by atoms with Crippen molar-refractivity contribution >= 4 is 17.5 Å². The van der Waals surface area contributed by atoms with Crippen molar-refractivity contribution in [2.75, 3.05) is 26.4 Å². The Bertz CT molecular complexity index is 2360. The van der Waals surface area contributed by atoms with Crippen LogP contribution < -0.4 is 9.47 Å². The van der Waals surface area contributed by atoms with Gasteiger partial charge in [-0.3, -0.25) is 15.0 Å². The number of aliphatic hydroxyl groups is 2. The highest BCUT2D eigenvalue weighted by atomic mass is 19.1. The number of carbonyl (C=O) groups is 1. The third-order valence-electron chi connectivity index (χ3n) is 12.6. The molecule has 3 aliphatic rings. The molecule has 1 fully saturated rings. The van der Waals surface area contributed by atoms with Gasteiger partial charge in [0.05, 0.1) is 35.8 Å². The molecule has 1 amide bonds. The number of unbranched alkanes of at least 4 members (excludes halogenated alkanes) is 2. The third-order valence-corrected chi connectivity index (χ3v) is 12.6. The molecular formula is C52H58FN3O10. The van der Waals surface area contributed by atoms with Gasteiger partial charge in [0.2, 0.25) is 5.79 Å². The van der Waals surface area contributed by atoms with Crippen LogP contribution in [-0.2, 0) is 27.5 Å². The molecule has 2 aliphatic carbocycles. The lowest BCUT2D eigenvalue weighted by molar-refractivity contribution is -0.384. The van der Waals surface area contributed by atoms with Gasteiger partial charge in [0.1, 0.15) is 35.7 Å². The number of halogens is 1. The zero-order valence-electron chi connectivity index (χ0n) is 37.1. The molecule has 348 valence electrons. The Morgan fingerprint density at radius 2 is 1.68 bits per heavy atom. The molecule has 13 nitrogen and oxygen atoms in total. The molecule has 0 spiro atoms. The Morgan fingerprint density at radius 1 is 0.924 bits per heavy atom. The van der Waals surface area contributed by atoms with Crippen LogP contribution in [0.25, 0.3) is 0 Å². The molecule has 1 heterocycles. The zero-order chi connectivity index (χ0) is 46.5. The normalized spacial score (nSPS) is 22.2. The van der Waals surface area contributed by atoms with E-state index in [1.165, 1.54) is 24.3 Å². The van der Waals surface area contributed by atoms with Crippen LogP contribution >= 0.6 is 0 Å². The zero-order valence-corrected chi connectivity index (χ0v) is 37.1. The number of hydrogen-bond acceptors (Lipinski definition) is 11. The summed E-state index contributed by atoms with van der Waals surface area (Å²) in [4.78, 5) is 33.7. The van der Waals surface area contributed by atoms with Gasteiger partial charge in [0, 0.05) is 43.7 Å². The van der Waals surface area contributed by atoms with Gasteiger partial charge in [-0.15, -0.1) is 13.2 Å². The molecular weight excluding hydrogens is 846 g/mol. The van der Waals surface area contributed by atoms with Crippen LogP contribution in [0, 0.1) is 33.7 Å². The van der Waals surface area contributed by atoms with Crippen LogP contribution in [0.5, 0.6) is 17.2 Å². The van der Waals surface area contributed by atoms with Gasteiger partial charge in [-0.1, -0.05) is 84.8 Å². The van der Waals surface area contributed by atoms with Crippen LogP contribution in [0.3, 0.4) is 0 Å². The number of non-ortho nitro benzene ring substituents is 1. The van der Waals surface area contributed by atoms with Gasteiger partial charge in [-0.05, 0) is 97.0 Å². The number of nitro benzene ring substituents is 1. The first-order valence-corrected chi connectivity index (χ1v) is 22.6. The van der Waals surface area contributed by atoms with Crippen molar-refractivity contribution in [3.8, 4) is 17.2 Å². The Hall–Kier alpha value is -6.35. The summed E-state index contributed by atoms with van der Waals surface area (Å²) in [5.41, 5.74) is 3.66. The standard InChI is InChI=1S/C52H58FN3O10/c1-3-5-29-62-51(59)55(34-36-20-22-39(53)23-21-36)48-33-46(54-64-35-37-14-7-6-8-15-37)44-30-38(16-9-11-26-57)43(19-10-12-27-58)49-45-32-42(65-41-18-13-17-40(31-41)56(60)61)24-25-47(45)66-52(48,50(44)49)63-28-4-2/h3-4,6-8,13-15,17-18,20-25,30-32,38,43,48-50,57-58H,1-2,5,9-12,16,19,26-29,33-35H2/t38-,43+,48-,49+,50+,52+/m0/s1. The average molecular weight is 904 g/mol. The van der Waals surface area contributed by atoms with Gasteiger partial charge in [0.15, 0.2) is 0 Å². The van der Waals surface area contributed by atoms with Gasteiger partial charge >= 0.3 is 6.09 Å². The first kappa shape index (κ1) is 47.6. The predicted octanol–water partition coefficient (Wildman–Crippen LogP) is 10.6. The Kier molecular flexibility index (Phi) is 16.4. The molecule has 4 aromatic carbocycles. The van der Waals surface area contributed by atoms with Crippen LogP contribution in [0.4, 0.5) is 14.9 Å². The van der Waals surface area contributed by atoms with Crippen LogP contribution in [0.15, 0.2) is 139 Å². The summed E-state index contributed by atoms with van der Waals surface area (Å²) < 4.78 is 41.0. The third kappa shape index (κ3) is 11.0. The minimum Gasteiger partial charge on any atom is -0.459 e. The number of benzene rings is 4. The van der Waals surface area contributed by atoms with Gasteiger partial charge in [-0.25, -0.2) is 9.18 Å². The summed E-state index contributed by atoms with van der Waals surface area (Å²) in [6.45, 7) is 8.16. The van der Waals surface area contributed by atoms with E-state index < -0.39 is 34.6 Å². The smallest absolute Gasteiger partial charge is 0.410 e. The molecule has 0 bridgehead atoms. The second-order valence-corrected chi connectivity index (χ2v) is 16.8. The van der Waals surface area contributed by atoms with Crippen molar-refractivity contribution < 1.29 is 48.1 Å². The van der Waals surface area contributed by atoms with Crippen molar-refractivity contribution in [1.82, 2.24) is 4.90 Å². The maximum atomic E-state index is 14.7. The molecule has 1 saturated carbocycles. The van der Waals surface area contributed by atoms with Crippen LogP contribution in [0.2, 0.25) is 0 Å². The molecule has 0 radical (unpaired) electrons. The Balaban J connectivity index is 1.45. The quantitative estimate of drug-likeness (QED) is 0.0317. The number of rotatable bonds is 23. The number of amides is 1. The number of fused-ring (bicyclic) bond motifs is 2. The Morgan fingerprint density at radius 3 is 2.41 bits per heavy atom.